The maximum atomic E-state index is 5.71. The highest BCUT2D eigenvalue weighted by atomic mass is 16.5. The zero-order valence-corrected chi connectivity index (χ0v) is 12.1. The van der Waals surface area contributed by atoms with Crippen LogP contribution in [0, 0.1) is 0 Å². The van der Waals surface area contributed by atoms with Gasteiger partial charge in [-0.05, 0) is 43.7 Å². The second kappa shape index (κ2) is 6.54. The molecule has 0 radical (unpaired) electrons. The van der Waals surface area contributed by atoms with Crippen LogP contribution in [0.25, 0.3) is 11.4 Å². The Balaban J connectivity index is 1.62. The Kier molecular flexibility index (Phi) is 4.31. The monoisotopic (exact) mass is 285 g/mol. The highest BCUT2D eigenvalue weighted by molar-refractivity contribution is 5.56. The van der Waals surface area contributed by atoms with Crippen LogP contribution in [0.1, 0.15) is 12.8 Å². The Bertz CT molecular complexity index is 563. The fourth-order valence-electron chi connectivity index (χ4n) is 2.38. The Labute approximate surface area is 124 Å². The molecule has 1 atom stereocenters. The molecule has 3 rings (SSSR count). The molecule has 1 aromatic heterocycles. The van der Waals surface area contributed by atoms with E-state index in [1.165, 1.54) is 12.8 Å². The van der Waals surface area contributed by atoms with E-state index in [1.54, 1.807) is 19.5 Å². The molecule has 1 fully saturated rings. The second-order valence-electron chi connectivity index (χ2n) is 5.08. The summed E-state index contributed by atoms with van der Waals surface area (Å²) in [6, 6.07) is 8.13. The molecule has 0 aliphatic carbocycles. The van der Waals surface area contributed by atoms with Gasteiger partial charge in [0.05, 0.1) is 19.5 Å². The molecule has 2 heterocycles. The molecule has 1 aromatic carbocycles. The van der Waals surface area contributed by atoms with Crippen molar-refractivity contribution in [2.45, 2.75) is 18.9 Å². The summed E-state index contributed by atoms with van der Waals surface area (Å²) in [6.45, 7) is 1.76. The van der Waals surface area contributed by atoms with E-state index < -0.39 is 0 Å². The summed E-state index contributed by atoms with van der Waals surface area (Å²) in [4.78, 5) is 8.70. The quantitative estimate of drug-likeness (QED) is 0.913. The molecule has 5 nitrogen and oxygen atoms in total. The third kappa shape index (κ3) is 3.49. The van der Waals surface area contributed by atoms with Crippen LogP contribution in [0.4, 0.5) is 0 Å². The Hall–Kier alpha value is -2.14. The van der Waals surface area contributed by atoms with Crippen LogP contribution in [-0.4, -0.2) is 36.3 Å². The number of rotatable bonds is 5. The Morgan fingerprint density at radius 2 is 1.90 bits per heavy atom. The van der Waals surface area contributed by atoms with Crippen molar-refractivity contribution in [1.29, 1.82) is 0 Å². The maximum absolute atomic E-state index is 5.71. The largest absolute Gasteiger partial charge is 0.497 e. The highest BCUT2D eigenvalue weighted by Gasteiger charge is 2.14. The maximum Gasteiger partial charge on any atom is 0.159 e. The summed E-state index contributed by atoms with van der Waals surface area (Å²) in [5.41, 5.74) is 0.958. The fraction of sp³-hybridized carbons (Fsp3) is 0.375. The van der Waals surface area contributed by atoms with E-state index in [4.69, 9.17) is 9.47 Å². The van der Waals surface area contributed by atoms with E-state index in [0.717, 1.165) is 17.9 Å². The van der Waals surface area contributed by atoms with Crippen molar-refractivity contribution in [1.82, 2.24) is 15.3 Å². The Morgan fingerprint density at radius 3 is 2.52 bits per heavy atom. The average molecular weight is 285 g/mol. The van der Waals surface area contributed by atoms with Gasteiger partial charge in [0, 0.05) is 11.6 Å². The average Bonchev–Trinajstić information content (AvgIpc) is 3.07. The molecule has 1 aliphatic heterocycles. The van der Waals surface area contributed by atoms with Crippen LogP contribution in [-0.2, 0) is 0 Å². The molecular formula is C16H19N3O2. The normalized spacial score (nSPS) is 17.7. The van der Waals surface area contributed by atoms with Crippen LogP contribution in [0.3, 0.4) is 0 Å². The molecular weight excluding hydrogens is 266 g/mol. The second-order valence-corrected chi connectivity index (χ2v) is 5.08. The smallest absolute Gasteiger partial charge is 0.159 e. The van der Waals surface area contributed by atoms with Gasteiger partial charge in [0.15, 0.2) is 11.6 Å². The lowest BCUT2D eigenvalue weighted by Crippen LogP contribution is -2.28. The van der Waals surface area contributed by atoms with Gasteiger partial charge in [-0.15, -0.1) is 0 Å². The van der Waals surface area contributed by atoms with Gasteiger partial charge in [-0.25, -0.2) is 9.97 Å². The molecule has 1 N–H and O–H groups in total. The van der Waals surface area contributed by atoms with Crippen molar-refractivity contribution >= 4 is 0 Å². The van der Waals surface area contributed by atoms with Crippen molar-refractivity contribution in [3.8, 4) is 22.9 Å². The SMILES string of the molecule is COc1ccc(-c2ncc(OCC3CCCN3)cn2)cc1. The van der Waals surface area contributed by atoms with Gasteiger partial charge in [-0.1, -0.05) is 0 Å². The van der Waals surface area contributed by atoms with Gasteiger partial charge >= 0.3 is 0 Å². The van der Waals surface area contributed by atoms with Crippen molar-refractivity contribution < 1.29 is 9.47 Å². The minimum Gasteiger partial charge on any atom is -0.497 e. The van der Waals surface area contributed by atoms with Gasteiger partial charge in [0.2, 0.25) is 0 Å². The van der Waals surface area contributed by atoms with E-state index in [9.17, 15) is 0 Å². The number of methoxy groups -OCH3 is 1. The van der Waals surface area contributed by atoms with E-state index in [1.807, 2.05) is 24.3 Å². The summed E-state index contributed by atoms with van der Waals surface area (Å²) in [6.07, 6.45) is 5.84. The first-order valence-electron chi connectivity index (χ1n) is 7.18. The molecule has 1 saturated heterocycles. The van der Waals surface area contributed by atoms with Crippen LogP contribution in [0.2, 0.25) is 0 Å². The minimum absolute atomic E-state index is 0.450. The lowest BCUT2D eigenvalue weighted by Gasteiger charge is -2.11. The first-order valence-corrected chi connectivity index (χ1v) is 7.18. The molecule has 21 heavy (non-hydrogen) atoms. The van der Waals surface area contributed by atoms with Crippen LogP contribution in [0.5, 0.6) is 11.5 Å². The number of aromatic nitrogens is 2. The van der Waals surface area contributed by atoms with Gasteiger partial charge in [0.25, 0.3) is 0 Å². The van der Waals surface area contributed by atoms with Gasteiger partial charge in [0.1, 0.15) is 12.4 Å². The molecule has 0 amide bonds. The molecule has 0 spiro atoms. The number of nitrogens with one attached hydrogen (secondary N) is 1. The topological polar surface area (TPSA) is 56.3 Å². The van der Waals surface area contributed by atoms with Gasteiger partial charge in [-0.2, -0.15) is 0 Å². The standard InChI is InChI=1S/C16H19N3O2/c1-20-14-6-4-12(5-7-14)16-18-9-15(10-19-16)21-11-13-3-2-8-17-13/h4-7,9-10,13,17H,2-3,8,11H2,1H3. The van der Waals surface area contributed by atoms with E-state index in [-0.39, 0.29) is 0 Å². The summed E-state index contributed by atoms with van der Waals surface area (Å²) in [5, 5.41) is 3.40. The number of nitrogens with zero attached hydrogens (tertiary/aromatic N) is 2. The fourth-order valence-corrected chi connectivity index (χ4v) is 2.38. The minimum atomic E-state index is 0.450. The Morgan fingerprint density at radius 1 is 1.14 bits per heavy atom. The van der Waals surface area contributed by atoms with Crippen molar-refractivity contribution in [3.05, 3.63) is 36.7 Å². The number of ether oxygens (including phenoxy) is 2. The van der Waals surface area contributed by atoms with Gasteiger partial charge in [-0.3, -0.25) is 0 Å². The van der Waals surface area contributed by atoms with Crippen molar-refractivity contribution in [2.24, 2.45) is 0 Å². The van der Waals surface area contributed by atoms with Crippen LogP contribution in [0.15, 0.2) is 36.7 Å². The van der Waals surface area contributed by atoms with Crippen molar-refractivity contribution in [3.63, 3.8) is 0 Å². The molecule has 1 unspecified atom stereocenters. The zero-order valence-electron chi connectivity index (χ0n) is 12.1. The van der Waals surface area contributed by atoms with Crippen molar-refractivity contribution in [2.75, 3.05) is 20.3 Å². The van der Waals surface area contributed by atoms with Crippen LogP contribution >= 0.6 is 0 Å². The molecule has 1 aliphatic rings. The van der Waals surface area contributed by atoms with E-state index >= 15 is 0 Å². The molecule has 0 saturated carbocycles. The number of hydrogen-bond donors (Lipinski definition) is 1. The lowest BCUT2D eigenvalue weighted by molar-refractivity contribution is 0.275. The summed E-state index contributed by atoms with van der Waals surface area (Å²) in [5.74, 6) is 2.22. The predicted molar refractivity (Wildman–Crippen MR) is 80.5 cm³/mol. The molecule has 5 heteroatoms. The molecule has 2 aromatic rings. The van der Waals surface area contributed by atoms with E-state index in [2.05, 4.69) is 15.3 Å². The highest BCUT2D eigenvalue weighted by Crippen LogP contribution is 2.20. The first-order chi connectivity index (χ1) is 10.3. The molecule has 0 bridgehead atoms. The van der Waals surface area contributed by atoms with Crippen LogP contribution < -0.4 is 14.8 Å². The lowest BCUT2D eigenvalue weighted by atomic mass is 10.2. The summed E-state index contributed by atoms with van der Waals surface area (Å²) in [7, 11) is 1.65. The number of benzene rings is 1. The third-order valence-electron chi connectivity index (χ3n) is 3.59. The third-order valence-corrected chi connectivity index (χ3v) is 3.59. The van der Waals surface area contributed by atoms with Gasteiger partial charge < -0.3 is 14.8 Å². The predicted octanol–water partition coefficient (Wildman–Crippen LogP) is 2.28. The molecule has 110 valence electrons. The van der Waals surface area contributed by atoms with E-state index in [0.29, 0.717) is 24.2 Å². The summed E-state index contributed by atoms with van der Waals surface area (Å²) >= 11 is 0. The first kappa shape index (κ1) is 13.8. The summed E-state index contributed by atoms with van der Waals surface area (Å²) < 4.78 is 10.8. The number of hydrogen-bond acceptors (Lipinski definition) is 5. The zero-order chi connectivity index (χ0) is 14.5.